The molecule has 2 aromatic heterocycles. The summed E-state index contributed by atoms with van der Waals surface area (Å²) in [5, 5.41) is 2.88. The van der Waals surface area contributed by atoms with Crippen LogP contribution in [0, 0.1) is 6.92 Å². The summed E-state index contributed by atoms with van der Waals surface area (Å²) in [5.74, 6) is -0.266. The number of benzene rings is 2. The van der Waals surface area contributed by atoms with Crippen LogP contribution in [0.1, 0.15) is 18.1 Å². The highest BCUT2D eigenvalue weighted by molar-refractivity contribution is 7.13. The summed E-state index contributed by atoms with van der Waals surface area (Å²) in [5.41, 5.74) is 4.88. The van der Waals surface area contributed by atoms with Crippen molar-refractivity contribution in [3.8, 4) is 11.3 Å². The van der Waals surface area contributed by atoms with Crippen LogP contribution in [0.3, 0.4) is 0 Å². The Labute approximate surface area is 172 Å². The monoisotopic (exact) mass is 404 g/mol. The van der Waals surface area contributed by atoms with Crippen LogP contribution in [-0.2, 0) is 17.8 Å². The van der Waals surface area contributed by atoms with Crippen LogP contribution in [0.4, 0.5) is 5.69 Å². The van der Waals surface area contributed by atoms with E-state index in [0.717, 1.165) is 40.3 Å². The standard InChI is InChI=1S/C22H20N4O2S/c1-3-15-6-4-5-7-17(15)24-18(27)12-26-13-23-20-19(25-29-21(20)22(26)28)16-10-8-14(2)9-11-16/h4-11,13H,3,12H2,1-2H3,(H,24,27). The lowest BCUT2D eigenvalue weighted by Gasteiger charge is -2.10. The van der Waals surface area contributed by atoms with Crippen LogP contribution in [0.15, 0.2) is 59.7 Å². The number of amides is 1. The Hall–Kier alpha value is -3.32. The van der Waals surface area contributed by atoms with Gasteiger partial charge in [-0.05, 0) is 36.5 Å². The lowest BCUT2D eigenvalue weighted by Crippen LogP contribution is -2.27. The Morgan fingerprint density at radius 1 is 1.14 bits per heavy atom. The molecule has 2 aromatic carbocycles. The van der Waals surface area contributed by atoms with E-state index in [1.165, 1.54) is 10.9 Å². The van der Waals surface area contributed by atoms with E-state index in [9.17, 15) is 9.59 Å². The SMILES string of the molecule is CCc1ccccc1NC(=O)Cn1cnc2c(-c3ccc(C)cc3)nsc2c1=O. The van der Waals surface area contributed by atoms with Crippen LogP contribution in [0.5, 0.6) is 0 Å². The van der Waals surface area contributed by atoms with Crippen molar-refractivity contribution in [2.45, 2.75) is 26.8 Å². The highest BCUT2D eigenvalue weighted by Crippen LogP contribution is 2.27. The van der Waals surface area contributed by atoms with Gasteiger partial charge in [0.25, 0.3) is 5.56 Å². The molecule has 0 saturated carbocycles. The molecule has 0 saturated heterocycles. The molecule has 29 heavy (non-hydrogen) atoms. The Bertz CT molecular complexity index is 1240. The second-order valence-electron chi connectivity index (χ2n) is 6.81. The first kappa shape index (κ1) is 19.0. The van der Waals surface area contributed by atoms with Crippen molar-refractivity contribution in [3.63, 3.8) is 0 Å². The van der Waals surface area contributed by atoms with Gasteiger partial charge >= 0.3 is 0 Å². The molecule has 0 fully saturated rings. The third kappa shape index (κ3) is 3.82. The highest BCUT2D eigenvalue weighted by atomic mass is 32.1. The van der Waals surface area contributed by atoms with Crippen LogP contribution >= 0.6 is 11.5 Å². The highest BCUT2D eigenvalue weighted by Gasteiger charge is 2.16. The fourth-order valence-corrected chi connectivity index (χ4v) is 3.97. The molecule has 0 atom stereocenters. The molecule has 2 heterocycles. The van der Waals surface area contributed by atoms with E-state index in [1.54, 1.807) is 0 Å². The fourth-order valence-electron chi connectivity index (χ4n) is 3.16. The normalized spacial score (nSPS) is 11.0. The zero-order valence-electron chi connectivity index (χ0n) is 16.2. The number of carbonyl (C=O) groups is 1. The fraction of sp³-hybridized carbons (Fsp3) is 0.182. The van der Waals surface area contributed by atoms with E-state index in [-0.39, 0.29) is 18.0 Å². The minimum atomic E-state index is -0.266. The number of fused-ring (bicyclic) bond motifs is 1. The van der Waals surface area contributed by atoms with E-state index in [0.29, 0.717) is 15.9 Å². The number of aryl methyl sites for hydroxylation is 2. The predicted molar refractivity (Wildman–Crippen MR) is 116 cm³/mol. The first-order valence-electron chi connectivity index (χ1n) is 9.36. The Morgan fingerprint density at radius 2 is 1.90 bits per heavy atom. The molecule has 0 bridgehead atoms. The van der Waals surface area contributed by atoms with E-state index in [2.05, 4.69) is 14.7 Å². The minimum Gasteiger partial charge on any atom is -0.324 e. The Kier molecular flexibility index (Phi) is 5.22. The van der Waals surface area contributed by atoms with Gasteiger partial charge in [0, 0.05) is 11.3 Å². The molecule has 146 valence electrons. The van der Waals surface area contributed by atoms with E-state index >= 15 is 0 Å². The van der Waals surface area contributed by atoms with Crippen LogP contribution in [0.25, 0.3) is 21.5 Å². The molecule has 1 N–H and O–H groups in total. The van der Waals surface area contributed by atoms with E-state index < -0.39 is 0 Å². The van der Waals surface area contributed by atoms with Crippen molar-refractivity contribution >= 4 is 33.3 Å². The summed E-state index contributed by atoms with van der Waals surface area (Å²) in [6, 6.07) is 15.6. The first-order chi connectivity index (χ1) is 14.1. The number of aromatic nitrogens is 3. The molecule has 0 aliphatic carbocycles. The molecule has 6 nitrogen and oxygen atoms in total. The number of hydrogen-bond acceptors (Lipinski definition) is 5. The number of para-hydroxylation sites is 1. The molecular formula is C22H20N4O2S. The van der Waals surface area contributed by atoms with Crippen molar-refractivity contribution in [2.24, 2.45) is 0 Å². The van der Waals surface area contributed by atoms with Gasteiger partial charge in [-0.15, -0.1) is 0 Å². The zero-order chi connectivity index (χ0) is 20.4. The van der Waals surface area contributed by atoms with Crippen LogP contribution < -0.4 is 10.9 Å². The van der Waals surface area contributed by atoms with Gasteiger partial charge in [0.1, 0.15) is 22.5 Å². The van der Waals surface area contributed by atoms with E-state index in [4.69, 9.17) is 0 Å². The van der Waals surface area contributed by atoms with Crippen LogP contribution in [0.2, 0.25) is 0 Å². The quantitative estimate of drug-likeness (QED) is 0.545. The number of rotatable bonds is 5. The summed E-state index contributed by atoms with van der Waals surface area (Å²) < 4.78 is 6.20. The lowest BCUT2D eigenvalue weighted by molar-refractivity contribution is -0.116. The lowest BCUT2D eigenvalue weighted by atomic mass is 10.1. The number of nitrogens with one attached hydrogen (secondary N) is 1. The van der Waals surface area contributed by atoms with Gasteiger partial charge in [0.2, 0.25) is 5.91 Å². The van der Waals surface area contributed by atoms with Gasteiger partial charge < -0.3 is 5.32 Å². The molecule has 7 heteroatoms. The number of carbonyl (C=O) groups excluding carboxylic acids is 1. The maximum atomic E-state index is 12.9. The molecule has 0 aliphatic heterocycles. The summed E-state index contributed by atoms with van der Waals surface area (Å²) in [6.07, 6.45) is 2.23. The van der Waals surface area contributed by atoms with Crippen molar-refractivity contribution < 1.29 is 4.79 Å². The molecule has 0 spiro atoms. The van der Waals surface area contributed by atoms with Crippen molar-refractivity contribution in [3.05, 3.63) is 76.3 Å². The number of anilines is 1. The zero-order valence-corrected chi connectivity index (χ0v) is 17.0. The third-order valence-electron chi connectivity index (χ3n) is 4.76. The van der Waals surface area contributed by atoms with Gasteiger partial charge in [0.05, 0.1) is 6.33 Å². The second-order valence-corrected chi connectivity index (χ2v) is 7.58. The molecule has 0 unspecified atom stereocenters. The first-order valence-corrected chi connectivity index (χ1v) is 10.1. The van der Waals surface area contributed by atoms with Crippen molar-refractivity contribution in [1.82, 2.24) is 13.9 Å². The summed E-state index contributed by atoms with van der Waals surface area (Å²) in [7, 11) is 0. The molecular weight excluding hydrogens is 384 g/mol. The third-order valence-corrected chi connectivity index (χ3v) is 5.58. The Morgan fingerprint density at radius 3 is 2.66 bits per heavy atom. The molecule has 4 rings (SSSR count). The average Bonchev–Trinajstić information content (AvgIpc) is 3.16. The van der Waals surface area contributed by atoms with Gasteiger partial charge in [0.15, 0.2) is 0 Å². The van der Waals surface area contributed by atoms with E-state index in [1.807, 2.05) is 62.4 Å². The van der Waals surface area contributed by atoms with Gasteiger partial charge in [-0.3, -0.25) is 14.2 Å². The van der Waals surface area contributed by atoms with Crippen LogP contribution in [-0.4, -0.2) is 19.8 Å². The molecule has 0 radical (unpaired) electrons. The number of hydrogen-bond donors (Lipinski definition) is 1. The summed E-state index contributed by atoms with van der Waals surface area (Å²) in [4.78, 5) is 29.8. The smallest absolute Gasteiger partial charge is 0.273 e. The topological polar surface area (TPSA) is 76.9 Å². The van der Waals surface area contributed by atoms with Gasteiger partial charge in [-0.2, -0.15) is 4.37 Å². The Balaban J connectivity index is 1.60. The summed E-state index contributed by atoms with van der Waals surface area (Å²) >= 11 is 1.11. The maximum absolute atomic E-state index is 12.9. The minimum absolute atomic E-state index is 0.0996. The van der Waals surface area contributed by atoms with Gasteiger partial charge in [-0.1, -0.05) is 55.0 Å². The second kappa shape index (κ2) is 7.97. The number of nitrogens with zero attached hydrogens (tertiary/aromatic N) is 3. The maximum Gasteiger partial charge on any atom is 0.273 e. The summed E-state index contributed by atoms with van der Waals surface area (Å²) in [6.45, 7) is 3.95. The molecule has 0 aliphatic rings. The predicted octanol–water partition coefficient (Wildman–Crippen LogP) is 4.03. The van der Waals surface area contributed by atoms with Crippen molar-refractivity contribution in [1.29, 1.82) is 0 Å². The molecule has 1 amide bonds. The average molecular weight is 404 g/mol. The van der Waals surface area contributed by atoms with Gasteiger partial charge in [-0.25, -0.2) is 4.98 Å². The van der Waals surface area contributed by atoms with Crippen molar-refractivity contribution in [2.75, 3.05) is 5.32 Å². The largest absolute Gasteiger partial charge is 0.324 e. The molecule has 4 aromatic rings.